The second-order valence-corrected chi connectivity index (χ2v) is 7.89. The molecule has 0 aliphatic rings. The number of esters is 1. The number of nitrogen functional groups attached to an aromatic ring is 1. The van der Waals surface area contributed by atoms with E-state index in [1.807, 2.05) is 26.0 Å². The Bertz CT molecular complexity index is 1060. The van der Waals surface area contributed by atoms with Crippen molar-refractivity contribution in [1.29, 1.82) is 0 Å². The summed E-state index contributed by atoms with van der Waals surface area (Å²) in [6, 6.07) is 3.63. The number of carbonyl (C=O) groups excluding carboxylic acids is 1. The van der Waals surface area contributed by atoms with Crippen molar-refractivity contribution in [3.63, 3.8) is 0 Å². The first-order valence-electron chi connectivity index (χ1n) is 9.34. The molecule has 0 radical (unpaired) electrons. The maximum Gasteiger partial charge on any atom is 0.306 e. The van der Waals surface area contributed by atoms with E-state index >= 15 is 0 Å². The Morgan fingerprint density at radius 2 is 1.73 bits per heavy atom. The van der Waals surface area contributed by atoms with Gasteiger partial charge in [-0.15, -0.1) is 11.3 Å². The highest BCUT2D eigenvalue weighted by molar-refractivity contribution is 7.18. The number of nitrogens with zero attached hydrogens (tertiary/aromatic N) is 2. The molecule has 0 atom stereocenters. The van der Waals surface area contributed by atoms with Crippen molar-refractivity contribution in [1.82, 2.24) is 9.97 Å². The molecule has 0 saturated carbocycles. The third kappa shape index (κ3) is 4.40. The molecule has 9 heteroatoms. The average Bonchev–Trinajstić information content (AvgIpc) is 3.03. The normalized spacial score (nSPS) is 10.8. The van der Waals surface area contributed by atoms with Crippen molar-refractivity contribution in [2.75, 3.05) is 27.1 Å². The van der Waals surface area contributed by atoms with E-state index in [1.54, 1.807) is 32.7 Å². The molecule has 0 spiro atoms. The Morgan fingerprint density at radius 3 is 2.33 bits per heavy atom. The van der Waals surface area contributed by atoms with Crippen LogP contribution in [-0.2, 0) is 22.6 Å². The highest BCUT2D eigenvalue weighted by Crippen LogP contribution is 2.38. The molecule has 8 nitrogen and oxygen atoms in total. The molecule has 0 unspecified atom stereocenters. The van der Waals surface area contributed by atoms with Gasteiger partial charge in [-0.05, 0) is 43.5 Å². The molecule has 0 amide bonds. The molecular formula is C21H25N3O5S. The van der Waals surface area contributed by atoms with Crippen LogP contribution in [0.3, 0.4) is 0 Å². The monoisotopic (exact) mass is 431 g/mol. The number of methoxy groups -OCH3 is 3. The summed E-state index contributed by atoms with van der Waals surface area (Å²) in [5.41, 5.74) is 8.02. The molecule has 2 aromatic heterocycles. The van der Waals surface area contributed by atoms with E-state index in [4.69, 9.17) is 24.7 Å². The Morgan fingerprint density at radius 1 is 1.07 bits per heavy atom. The fraction of sp³-hybridized carbons (Fsp3) is 0.381. The molecule has 1 aromatic carbocycles. The quantitative estimate of drug-likeness (QED) is 0.540. The Kier molecular flexibility index (Phi) is 6.61. The zero-order chi connectivity index (χ0) is 21.8. The van der Waals surface area contributed by atoms with Crippen molar-refractivity contribution < 1.29 is 23.7 Å². The number of hydrogen-bond donors (Lipinski definition) is 1. The lowest BCUT2D eigenvalue weighted by Gasteiger charge is -2.14. The lowest BCUT2D eigenvalue weighted by molar-refractivity contribution is -0.145. The second kappa shape index (κ2) is 9.17. The van der Waals surface area contributed by atoms with E-state index in [9.17, 15) is 4.79 Å². The van der Waals surface area contributed by atoms with Gasteiger partial charge in [0.15, 0.2) is 23.9 Å². The standard InChI is InChI=1S/C21H25N3O5S/c1-11-12(2)30-21-18(11)20(22)23-16(24-21)10-29-17(25)7-6-13-8-14(26-3)19(28-5)15(9-13)27-4/h8-9H,6-7,10H2,1-5H3,(H2,22,23,24). The summed E-state index contributed by atoms with van der Waals surface area (Å²) in [6.07, 6.45) is 0.647. The van der Waals surface area contributed by atoms with Crippen LogP contribution in [0.15, 0.2) is 12.1 Å². The molecule has 30 heavy (non-hydrogen) atoms. The van der Waals surface area contributed by atoms with Crippen LogP contribution in [0.25, 0.3) is 10.2 Å². The Balaban J connectivity index is 1.64. The van der Waals surface area contributed by atoms with E-state index in [-0.39, 0.29) is 19.0 Å². The molecule has 3 aromatic rings. The largest absolute Gasteiger partial charge is 0.493 e. The van der Waals surface area contributed by atoms with Crippen molar-refractivity contribution in [3.8, 4) is 17.2 Å². The molecule has 0 bridgehead atoms. The number of aryl methyl sites for hydroxylation is 3. The number of nitrogens with two attached hydrogens (primary N) is 1. The number of hydrogen-bond acceptors (Lipinski definition) is 9. The van der Waals surface area contributed by atoms with Gasteiger partial charge in [0, 0.05) is 11.3 Å². The number of aromatic nitrogens is 2. The third-order valence-electron chi connectivity index (χ3n) is 4.81. The number of rotatable bonds is 8. The van der Waals surface area contributed by atoms with E-state index in [1.165, 1.54) is 0 Å². The Labute approximate surface area is 178 Å². The summed E-state index contributed by atoms with van der Waals surface area (Å²) >= 11 is 1.55. The first-order valence-corrected chi connectivity index (χ1v) is 10.2. The van der Waals surface area contributed by atoms with Gasteiger partial charge in [-0.25, -0.2) is 9.97 Å². The summed E-state index contributed by atoms with van der Waals surface area (Å²) in [5.74, 6) is 2.03. The van der Waals surface area contributed by atoms with Crippen LogP contribution in [0, 0.1) is 13.8 Å². The topological polar surface area (TPSA) is 106 Å². The van der Waals surface area contributed by atoms with Crippen molar-refractivity contribution in [2.45, 2.75) is 33.3 Å². The van der Waals surface area contributed by atoms with Crippen LogP contribution in [-0.4, -0.2) is 37.3 Å². The molecular weight excluding hydrogens is 406 g/mol. The van der Waals surface area contributed by atoms with Crippen molar-refractivity contribution in [3.05, 3.63) is 34.0 Å². The van der Waals surface area contributed by atoms with Gasteiger partial charge in [-0.3, -0.25) is 4.79 Å². The first kappa shape index (κ1) is 21.6. The molecule has 0 fully saturated rings. The fourth-order valence-corrected chi connectivity index (χ4v) is 4.19. The van der Waals surface area contributed by atoms with Crippen LogP contribution in [0.2, 0.25) is 0 Å². The number of fused-ring (bicyclic) bond motifs is 1. The molecule has 3 rings (SSSR count). The zero-order valence-electron chi connectivity index (χ0n) is 17.7. The fourth-order valence-electron chi connectivity index (χ4n) is 3.13. The van der Waals surface area contributed by atoms with Crippen LogP contribution in [0.5, 0.6) is 17.2 Å². The minimum absolute atomic E-state index is 0.0236. The van der Waals surface area contributed by atoms with Gasteiger partial charge in [0.2, 0.25) is 5.75 Å². The summed E-state index contributed by atoms with van der Waals surface area (Å²) in [5, 5.41) is 0.870. The van der Waals surface area contributed by atoms with E-state index < -0.39 is 0 Å². The molecule has 0 aliphatic carbocycles. The number of anilines is 1. The van der Waals surface area contributed by atoms with Gasteiger partial charge in [0.25, 0.3) is 0 Å². The minimum Gasteiger partial charge on any atom is -0.493 e. The highest BCUT2D eigenvalue weighted by atomic mass is 32.1. The van der Waals surface area contributed by atoms with Crippen LogP contribution >= 0.6 is 11.3 Å². The van der Waals surface area contributed by atoms with Gasteiger partial charge >= 0.3 is 5.97 Å². The predicted molar refractivity (Wildman–Crippen MR) is 116 cm³/mol. The zero-order valence-corrected chi connectivity index (χ0v) is 18.5. The smallest absolute Gasteiger partial charge is 0.306 e. The van der Waals surface area contributed by atoms with E-state index in [2.05, 4.69) is 9.97 Å². The second-order valence-electron chi connectivity index (χ2n) is 6.68. The lowest BCUT2D eigenvalue weighted by atomic mass is 10.1. The van der Waals surface area contributed by atoms with Crippen LogP contribution in [0.1, 0.15) is 28.2 Å². The van der Waals surface area contributed by atoms with Gasteiger partial charge in [0.1, 0.15) is 10.6 Å². The van der Waals surface area contributed by atoms with E-state index in [0.29, 0.717) is 35.3 Å². The molecule has 0 saturated heterocycles. The summed E-state index contributed by atoms with van der Waals surface area (Å²) < 4.78 is 21.3. The predicted octanol–water partition coefficient (Wildman–Crippen LogP) is 3.59. The third-order valence-corrected chi connectivity index (χ3v) is 5.91. The molecule has 2 heterocycles. The molecule has 2 N–H and O–H groups in total. The van der Waals surface area contributed by atoms with Gasteiger partial charge in [0.05, 0.1) is 26.7 Å². The first-order chi connectivity index (χ1) is 14.4. The van der Waals surface area contributed by atoms with Crippen molar-refractivity contribution >= 4 is 33.3 Å². The van der Waals surface area contributed by atoms with Gasteiger partial charge in [-0.1, -0.05) is 0 Å². The maximum atomic E-state index is 12.2. The van der Waals surface area contributed by atoms with Crippen LogP contribution < -0.4 is 19.9 Å². The summed E-state index contributed by atoms with van der Waals surface area (Å²) in [4.78, 5) is 22.9. The average molecular weight is 432 g/mol. The number of carbonyl (C=O) groups is 1. The minimum atomic E-state index is -0.357. The lowest BCUT2D eigenvalue weighted by Crippen LogP contribution is -2.09. The number of benzene rings is 1. The Hall–Kier alpha value is -3.07. The number of thiophene rings is 1. The van der Waals surface area contributed by atoms with Crippen molar-refractivity contribution in [2.24, 2.45) is 0 Å². The summed E-state index contributed by atoms with van der Waals surface area (Å²) in [6.45, 7) is 3.99. The molecule has 0 aliphatic heterocycles. The van der Waals surface area contributed by atoms with E-state index in [0.717, 1.165) is 26.2 Å². The van der Waals surface area contributed by atoms with Gasteiger partial charge < -0.3 is 24.7 Å². The molecule has 160 valence electrons. The highest BCUT2D eigenvalue weighted by Gasteiger charge is 2.16. The maximum absolute atomic E-state index is 12.2. The SMILES string of the molecule is COc1cc(CCC(=O)OCc2nc(N)c3c(C)c(C)sc3n2)cc(OC)c1OC. The number of ether oxygens (including phenoxy) is 4. The summed E-state index contributed by atoms with van der Waals surface area (Å²) in [7, 11) is 4.64. The van der Waals surface area contributed by atoms with Crippen LogP contribution in [0.4, 0.5) is 5.82 Å². The van der Waals surface area contributed by atoms with Gasteiger partial charge in [-0.2, -0.15) is 0 Å².